The maximum absolute atomic E-state index is 13.3. The normalized spacial score (nSPS) is 24.5. The molecular formula is C27H42N6O6S. The van der Waals surface area contributed by atoms with Gasteiger partial charge in [0.1, 0.15) is 5.60 Å². The molecule has 222 valence electrons. The van der Waals surface area contributed by atoms with Crippen molar-refractivity contribution in [3.05, 3.63) is 12.4 Å². The maximum Gasteiger partial charge on any atom is 0.410 e. The fraction of sp³-hybridized carbons (Fsp3) is 0.778. The van der Waals surface area contributed by atoms with E-state index < -0.39 is 15.3 Å². The number of hydrogen-bond donors (Lipinski definition) is 0. The minimum Gasteiger partial charge on any atom is -0.476 e. The molecule has 3 saturated heterocycles. The standard InChI is InChI=1S/C27H42N6O6S/c1-20(2)16-30-9-6-22(17-30)40(36,37)32-12-13-33(25(34)18-32)23-14-28-15-24(29-23)38-19-21-4-10-31(11-5-21)26(35)39-27(3)7-8-27/h14-15,20-22H,4-13,16-19H2,1-3H3. The molecule has 1 atom stereocenters. The van der Waals surface area contributed by atoms with Crippen LogP contribution in [-0.2, 0) is 19.6 Å². The molecule has 0 N–H and O–H groups in total. The Kier molecular flexibility index (Phi) is 8.53. The molecule has 1 unspecified atom stereocenters. The van der Waals surface area contributed by atoms with E-state index >= 15 is 0 Å². The second kappa shape index (κ2) is 11.8. The number of anilines is 1. The van der Waals surface area contributed by atoms with Crippen molar-refractivity contribution in [1.29, 1.82) is 0 Å². The van der Waals surface area contributed by atoms with Gasteiger partial charge in [0.25, 0.3) is 0 Å². The van der Waals surface area contributed by atoms with Gasteiger partial charge in [-0.15, -0.1) is 0 Å². The Morgan fingerprint density at radius 1 is 1.10 bits per heavy atom. The lowest BCUT2D eigenvalue weighted by Crippen LogP contribution is -2.54. The zero-order valence-electron chi connectivity index (χ0n) is 23.8. The van der Waals surface area contributed by atoms with Gasteiger partial charge in [-0.25, -0.2) is 13.2 Å². The number of rotatable bonds is 9. The van der Waals surface area contributed by atoms with Gasteiger partial charge in [-0.3, -0.25) is 14.7 Å². The van der Waals surface area contributed by atoms with Crippen LogP contribution in [-0.4, -0.2) is 114 Å². The molecule has 13 heteroatoms. The molecule has 0 aromatic carbocycles. The highest BCUT2D eigenvalue weighted by Gasteiger charge is 2.43. The Morgan fingerprint density at radius 2 is 1.85 bits per heavy atom. The average Bonchev–Trinajstić information content (AvgIpc) is 3.45. The first-order valence-electron chi connectivity index (χ1n) is 14.5. The van der Waals surface area contributed by atoms with Gasteiger partial charge in [0.15, 0.2) is 5.82 Å². The predicted molar refractivity (Wildman–Crippen MR) is 148 cm³/mol. The van der Waals surface area contributed by atoms with E-state index in [-0.39, 0.29) is 43.2 Å². The third kappa shape index (κ3) is 6.85. The molecule has 12 nitrogen and oxygen atoms in total. The minimum atomic E-state index is -3.56. The molecule has 1 aliphatic carbocycles. The van der Waals surface area contributed by atoms with Crippen LogP contribution in [0.5, 0.6) is 5.88 Å². The summed E-state index contributed by atoms with van der Waals surface area (Å²) in [6.45, 7) is 10.3. The van der Waals surface area contributed by atoms with E-state index in [0.717, 1.165) is 38.8 Å². The molecule has 0 spiro atoms. The van der Waals surface area contributed by atoms with Gasteiger partial charge in [-0.1, -0.05) is 13.8 Å². The van der Waals surface area contributed by atoms with Crippen LogP contribution in [0.15, 0.2) is 12.4 Å². The molecule has 0 radical (unpaired) electrons. The van der Waals surface area contributed by atoms with Gasteiger partial charge in [0, 0.05) is 39.3 Å². The Hall–Kier alpha value is -2.51. The summed E-state index contributed by atoms with van der Waals surface area (Å²) in [5.74, 6) is 1.10. The minimum absolute atomic E-state index is 0.198. The van der Waals surface area contributed by atoms with Crippen molar-refractivity contribution in [2.45, 2.75) is 63.7 Å². The van der Waals surface area contributed by atoms with Gasteiger partial charge in [-0.05, 0) is 57.4 Å². The zero-order valence-corrected chi connectivity index (χ0v) is 24.6. The average molecular weight is 579 g/mol. The highest BCUT2D eigenvalue weighted by molar-refractivity contribution is 7.89. The van der Waals surface area contributed by atoms with E-state index in [1.807, 2.05) is 6.92 Å². The number of amides is 2. The second-order valence-electron chi connectivity index (χ2n) is 12.3. The summed E-state index contributed by atoms with van der Waals surface area (Å²) in [5, 5.41) is -0.471. The van der Waals surface area contributed by atoms with Gasteiger partial charge >= 0.3 is 6.09 Å². The smallest absolute Gasteiger partial charge is 0.410 e. The SMILES string of the molecule is CC(C)CN1CCC(S(=O)(=O)N2CCN(c3cncc(OCC4CCN(C(=O)OC5(C)CC5)CC4)n3)C(=O)C2)C1. The molecule has 2 amide bonds. The van der Waals surface area contributed by atoms with Crippen LogP contribution in [0.2, 0.25) is 0 Å². The van der Waals surface area contributed by atoms with Gasteiger partial charge in [0.2, 0.25) is 21.8 Å². The number of ether oxygens (including phenoxy) is 2. The van der Waals surface area contributed by atoms with Crippen LogP contribution in [0.25, 0.3) is 0 Å². The molecule has 3 aliphatic heterocycles. The zero-order chi connectivity index (χ0) is 28.5. The van der Waals surface area contributed by atoms with Crippen molar-refractivity contribution in [2.24, 2.45) is 11.8 Å². The molecule has 1 aromatic rings. The van der Waals surface area contributed by atoms with Crippen LogP contribution >= 0.6 is 0 Å². The highest BCUT2D eigenvalue weighted by atomic mass is 32.2. The quantitative estimate of drug-likeness (QED) is 0.432. The van der Waals surface area contributed by atoms with Crippen LogP contribution in [0, 0.1) is 11.8 Å². The topological polar surface area (TPSA) is 125 Å². The lowest BCUT2D eigenvalue weighted by atomic mass is 9.98. The first-order valence-corrected chi connectivity index (χ1v) is 16.0. The van der Waals surface area contributed by atoms with Crippen LogP contribution in [0.4, 0.5) is 10.6 Å². The van der Waals surface area contributed by atoms with Crippen LogP contribution in [0.1, 0.15) is 52.9 Å². The number of hydrogen-bond acceptors (Lipinski definition) is 9. The summed E-state index contributed by atoms with van der Waals surface area (Å²) < 4.78 is 39.4. The number of carbonyl (C=O) groups excluding carboxylic acids is 2. The lowest BCUT2D eigenvalue weighted by molar-refractivity contribution is -0.120. The van der Waals surface area contributed by atoms with Crippen molar-refractivity contribution >= 4 is 27.8 Å². The van der Waals surface area contributed by atoms with E-state index in [9.17, 15) is 18.0 Å². The lowest BCUT2D eigenvalue weighted by Gasteiger charge is -2.34. The summed E-state index contributed by atoms with van der Waals surface area (Å²) in [4.78, 5) is 39.5. The van der Waals surface area contributed by atoms with Crippen molar-refractivity contribution in [1.82, 2.24) is 24.1 Å². The number of likely N-dealkylation sites (tertiary alicyclic amines) is 2. The Balaban J connectivity index is 1.10. The first kappa shape index (κ1) is 29.0. The largest absolute Gasteiger partial charge is 0.476 e. The monoisotopic (exact) mass is 578 g/mol. The van der Waals surface area contributed by atoms with E-state index in [2.05, 4.69) is 28.7 Å². The predicted octanol–water partition coefficient (Wildman–Crippen LogP) is 1.97. The fourth-order valence-electron chi connectivity index (χ4n) is 5.62. The number of carbonyl (C=O) groups is 2. The molecule has 5 rings (SSSR count). The fourth-order valence-corrected chi connectivity index (χ4v) is 7.47. The second-order valence-corrected chi connectivity index (χ2v) is 14.5. The molecule has 4 aliphatic rings. The van der Waals surface area contributed by atoms with Gasteiger partial charge in [0.05, 0.1) is 30.8 Å². The molecular weight excluding hydrogens is 536 g/mol. The first-order chi connectivity index (χ1) is 19.0. The van der Waals surface area contributed by atoms with Crippen molar-refractivity contribution in [3.63, 3.8) is 0 Å². The van der Waals surface area contributed by atoms with Crippen LogP contribution < -0.4 is 9.64 Å². The molecule has 4 heterocycles. The van der Waals surface area contributed by atoms with E-state index in [1.54, 1.807) is 4.90 Å². The van der Waals surface area contributed by atoms with E-state index in [0.29, 0.717) is 50.3 Å². The number of piperidine rings is 1. The number of piperazine rings is 1. The van der Waals surface area contributed by atoms with Gasteiger partial charge in [-0.2, -0.15) is 9.29 Å². The van der Waals surface area contributed by atoms with E-state index in [1.165, 1.54) is 21.6 Å². The molecule has 1 saturated carbocycles. The van der Waals surface area contributed by atoms with Crippen molar-refractivity contribution in [2.75, 3.05) is 63.9 Å². The van der Waals surface area contributed by atoms with Crippen molar-refractivity contribution < 1.29 is 27.5 Å². The highest BCUT2D eigenvalue weighted by Crippen LogP contribution is 2.39. The van der Waals surface area contributed by atoms with Gasteiger partial charge < -0.3 is 19.3 Å². The molecule has 0 bridgehead atoms. The summed E-state index contributed by atoms with van der Waals surface area (Å²) in [5.41, 5.74) is -0.270. The Morgan fingerprint density at radius 3 is 2.52 bits per heavy atom. The summed E-state index contributed by atoms with van der Waals surface area (Å²) in [7, 11) is -3.56. The third-order valence-electron chi connectivity index (χ3n) is 8.32. The number of sulfonamides is 1. The van der Waals surface area contributed by atoms with Crippen molar-refractivity contribution in [3.8, 4) is 5.88 Å². The molecule has 4 fully saturated rings. The van der Waals surface area contributed by atoms with E-state index in [4.69, 9.17) is 9.47 Å². The van der Waals surface area contributed by atoms with Crippen LogP contribution in [0.3, 0.4) is 0 Å². The summed E-state index contributed by atoms with van der Waals surface area (Å²) in [6, 6.07) is 0. The summed E-state index contributed by atoms with van der Waals surface area (Å²) in [6.07, 6.45) is 6.86. The molecule has 1 aromatic heterocycles. The molecule has 40 heavy (non-hydrogen) atoms. The number of aromatic nitrogens is 2. The summed E-state index contributed by atoms with van der Waals surface area (Å²) >= 11 is 0. The maximum atomic E-state index is 13.3. The Labute approximate surface area is 237 Å². The Bertz CT molecular complexity index is 1180. The number of nitrogens with zero attached hydrogens (tertiary/aromatic N) is 6. The third-order valence-corrected chi connectivity index (χ3v) is 10.6.